The van der Waals surface area contributed by atoms with Gasteiger partial charge >= 0.3 is 6.18 Å². The second-order valence-corrected chi connectivity index (χ2v) is 8.49. The molecule has 33 heavy (non-hydrogen) atoms. The molecule has 1 aliphatic rings. The second-order valence-electron chi connectivity index (χ2n) is 8.11. The van der Waals surface area contributed by atoms with Gasteiger partial charge in [0.15, 0.2) is 11.5 Å². The van der Waals surface area contributed by atoms with Gasteiger partial charge in [0.2, 0.25) is 0 Å². The van der Waals surface area contributed by atoms with E-state index in [0.717, 1.165) is 16.8 Å². The lowest BCUT2D eigenvalue weighted by Gasteiger charge is -2.15. The van der Waals surface area contributed by atoms with E-state index in [1.54, 1.807) is 22.9 Å². The van der Waals surface area contributed by atoms with Gasteiger partial charge in [0.05, 0.1) is 16.4 Å². The summed E-state index contributed by atoms with van der Waals surface area (Å²) >= 11 is 5.86. The van der Waals surface area contributed by atoms with Crippen molar-refractivity contribution in [2.75, 3.05) is 11.4 Å². The van der Waals surface area contributed by atoms with Gasteiger partial charge < -0.3 is 0 Å². The van der Waals surface area contributed by atoms with E-state index in [1.165, 1.54) is 24.0 Å². The third-order valence-corrected chi connectivity index (χ3v) is 6.46. The van der Waals surface area contributed by atoms with E-state index < -0.39 is 28.8 Å². The third-order valence-electron chi connectivity index (χ3n) is 6.01. The van der Waals surface area contributed by atoms with Crippen molar-refractivity contribution in [2.24, 2.45) is 0 Å². The third kappa shape index (κ3) is 4.12. The van der Waals surface area contributed by atoms with Crippen molar-refractivity contribution in [1.82, 2.24) is 19.6 Å². The zero-order valence-corrected chi connectivity index (χ0v) is 19.0. The molecule has 0 bridgehead atoms. The lowest BCUT2D eigenvalue weighted by Crippen LogP contribution is -2.29. The molecule has 1 aromatic carbocycles. The molecule has 176 valence electrons. The number of nitrogens with zero attached hydrogens (tertiary/aromatic N) is 5. The topological polar surface area (TPSA) is 56.0 Å². The zero-order valence-electron chi connectivity index (χ0n) is 18.2. The molecule has 0 spiro atoms. The molecule has 2 aromatic heterocycles. The summed E-state index contributed by atoms with van der Waals surface area (Å²) in [5, 5.41) is 7.69. The molecule has 2 unspecified atom stereocenters. The molecule has 0 N–H and O–H groups in total. The van der Waals surface area contributed by atoms with E-state index in [9.17, 15) is 22.4 Å². The Morgan fingerprint density at radius 2 is 1.88 bits per heavy atom. The Morgan fingerprint density at radius 3 is 2.45 bits per heavy atom. The van der Waals surface area contributed by atoms with Crippen LogP contribution in [0.15, 0.2) is 30.3 Å². The highest BCUT2D eigenvalue weighted by molar-refractivity contribution is 6.32. The molecule has 1 aliphatic heterocycles. The minimum absolute atomic E-state index is 0.0846. The van der Waals surface area contributed by atoms with E-state index in [2.05, 4.69) is 10.2 Å². The summed E-state index contributed by atoms with van der Waals surface area (Å²) in [7, 11) is 0. The average molecular weight is 484 g/mol. The first-order valence-corrected chi connectivity index (χ1v) is 10.9. The Balaban J connectivity index is 1.69. The van der Waals surface area contributed by atoms with Crippen molar-refractivity contribution in [2.45, 2.75) is 51.7 Å². The van der Waals surface area contributed by atoms with Crippen LogP contribution in [0.4, 0.5) is 23.4 Å². The number of halogens is 5. The van der Waals surface area contributed by atoms with Crippen LogP contribution >= 0.6 is 11.6 Å². The van der Waals surface area contributed by atoms with Crippen molar-refractivity contribution < 1.29 is 22.4 Å². The van der Waals surface area contributed by atoms with Crippen molar-refractivity contribution >= 4 is 23.3 Å². The largest absolute Gasteiger partial charge is 0.436 e. The molecule has 0 radical (unpaired) electrons. The predicted octanol–water partition coefficient (Wildman–Crippen LogP) is 5.68. The van der Waals surface area contributed by atoms with Crippen LogP contribution in [0, 0.1) is 12.7 Å². The highest BCUT2D eigenvalue weighted by atomic mass is 35.5. The smallest absolute Gasteiger partial charge is 0.293 e. The van der Waals surface area contributed by atoms with Gasteiger partial charge in [0.25, 0.3) is 5.91 Å². The number of hydrogen-bond donors (Lipinski definition) is 0. The SMILES string of the molecule is CCC(C)c1cc(N2CCC(n3nc(C(F)(F)F)c(Cl)c3C)C2=O)nn1-c1ccc(F)cc1. The molecule has 0 saturated carbocycles. The van der Waals surface area contributed by atoms with Gasteiger partial charge in [-0.05, 0) is 49.9 Å². The van der Waals surface area contributed by atoms with Gasteiger partial charge in [-0.3, -0.25) is 14.4 Å². The summed E-state index contributed by atoms with van der Waals surface area (Å²) in [6.07, 6.45) is -3.64. The van der Waals surface area contributed by atoms with Gasteiger partial charge in [0.1, 0.15) is 11.9 Å². The van der Waals surface area contributed by atoms with E-state index >= 15 is 0 Å². The van der Waals surface area contributed by atoms with E-state index in [-0.39, 0.29) is 30.4 Å². The first-order chi connectivity index (χ1) is 15.5. The Morgan fingerprint density at radius 1 is 1.21 bits per heavy atom. The summed E-state index contributed by atoms with van der Waals surface area (Å²) in [6.45, 7) is 5.71. The monoisotopic (exact) mass is 483 g/mol. The fraction of sp³-hybridized carbons (Fsp3) is 0.409. The summed E-state index contributed by atoms with van der Waals surface area (Å²) < 4.78 is 55.8. The number of carbonyl (C=O) groups is 1. The maximum absolute atomic E-state index is 13.4. The number of anilines is 1. The molecule has 3 heterocycles. The predicted molar refractivity (Wildman–Crippen MR) is 115 cm³/mol. The van der Waals surface area contributed by atoms with Crippen LogP contribution in [0.3, 0.4) is 0 Å². The minimum Gasteiger partial charge on any atom is -0.293 e. The highest BCUT2D eigenvalue weighted by Gasteiger charge is 2.42. The average Bonchev–Trinajstić information content (AvgIpc) is 3.44. The molecule has 0 aliphatic carbocycles. The summed E-state index contributed by atoms with van der Waals surface area (Å²) in [4.78, 5) is 14.7. The first kappa shape index (κ1) is 23.3. The minimum atomic E-state index is -4.71. The van der Waals surface area contributed by atoms with Crippen LogP contribution in [-0.4, -0.2) is 32.0 Å². The van der Waals surface area contributed by atoms with Crippen molar-refractivity contribution in [3.63, 3.8) is 0 Å². The molecule has 11 heteroatoms. The Hall–Kier alpha value is -2.88. The van der Waals surface area contributed by atoms with Gasteiger partial charge in [0, 0.05) is 18.3 Å². The number of alkyl halides is 3. The van der Waals surface area contributed by atoms with Crippen LogP contribution < -0.4 is 4.90 Å². The van der Waals surface area contributed by atoms with Gasteiger partial charge in [-0.1, -0.05) is 25.4 Å². The maximum Gasteiger partial charge on any atom is 0.436 e. The van der Waals surface area contributed by atoms with Gasteiger partial charge in [-0.15, -0.1) is 5.10 Å². The Bertz CT molecular complexity index is 1180. The number of amides is 1. The maximum atomic E-state index is 13.4. The zero-order chi connectivity index (χ0) is 24.1. The van der Waals surface area contributed by atoms with Crippen LogP contribution in [0.2, 0.25) is 5.02 Å². The van der Waals surface area contributed by atoms with Crippen molar-refractivity contribution in [3.05, 3.63) is 58.3 Å². The standard InChI is InChI=1S/C22H22ClF4N5O/c1-4-12(2)17-11-18(28-32(17)15-7-5-14(24)6-8-15)30-10-9-16(21(30)33)31-13(3)19(23)20(29-31)22(25,26)27/h5-8,11-12,16H,4,9-10H2,1-3H3. The molecular formula is C22H22ClF4N5O. The van der Waals surface area contributed by atoms with Crippen LogP contribution in [0.1, 0.15) is 55.7 Å². The van der Waals surface area contributed by atoms with Crippen molar-refractivity contribution in [3.8, 4) is 5.69 Å². The number of carbonyl (C=O) groups excluding carboxylic acids is 1. The lowest BCUT2D eigenvalue weighted by molar-refractivity contribution is -0.141. The first-order valence-electron chi connectivity index (χ1n) is 10.5. The van der Waals surface area contributed by atoms with Crippen LogP contribution in [0.5, 0.6) is 0 Å². The van der Waals surface area contributed by atoms with Crippen LogP contribution in [0.25, 0.3) is 5.69 Å². The molecule has 4 rings (SSSR count). The normalized spacial score (nSPS) is 17.8. The van der Waals surface area contributed by atoms with Gasteiger partial charge in [-0.2, -0.15) is 18.3 Å². The quantitative estimate of drug-likeness (QED) is 0.439. The summed E-state index contributed by atoms with van der Waals surface area (Å²) in [5.74, 6) is -0.300. The fourth-order valence-corrected chi connectivity index (χ4v) is 4.20. The summed E-state index contributed by atoms with van der Waals surface area (Å²) in [5.41, 5.74) is 0.368. The number of aromatic nitrogens is 4. The van der Waals surface area contributed by atoms with E-state index in [4.69, 9.17) is 11.6 Å². The lowest BCUT2D eigenvalue weighted by atomic mass is 10.0. The summed E-state index contributed by atoms with van der Waals surface area (Å²) in [6, 6.07) is 6.73. The van der Waals surface area contributed by atoms with E-state index in [0.29, 0.717) is 11.5 Å². The molecule has 1 fully saturated rings. The van der Waals surface area contributed by atoms with Crippen molar-refractivity contribution in [1.29, 1.82) is 0 Å². The number of hydrogen-bond acceptors (Lipinski definition) is 3. The molecule has 1 saturated heterocycles. The molecule has 1 amide bonds. The number of rotatable bonds is 5. The molecular weight excluding hydrogens is 462 g/mol. The highest BCUT2D eigenvalue weighted by Crippen LogP contribution is 2.38. The fourth-order valence-electron chi connectivity index (χ4n) is 3.97. The Kier molecular flexibility index (Phi) is 5.98. The number of benzene rings is 1. The van der Waals surface area contributed by atoms with Crippen LogP contribution in [-0.2, 0) is 11.0 Å². The Labute approximate surface area is 192 Å². The molecule has 3 aromatic rings. The van der Waals surface area contributed by atoms with Gasteiger partial charge in [-0.25, -0.2) is 9.07 Å². The molecule has 2 atom stereocenters. The molecule has 6 nitrogen and oxygen atoms in total. The second kappa shape index (κ2) is 8.48. The van der Waals surface area contributed by atoms with E-state index in [1.807, 2.05) is 13.8 Å².